The summed E-state index contributed by atoms with van der Waals surface area (Å²) in [5.41, 5.74) is 4.78. The average Bonchev–Trinajstić information content (AvgIpc) is 3.09. The normalized spacial score (nSPS) is 19.3. The molecule has 0 radical (unpaired) electrons. The van der Waals surface area contributed by atoms with Gasteiger partial charge in [0.05, 0.1) is 18.9 Å². The molecule has 1 saturated carbocycles. The summed E-state index contributed by atoms with van der Waals surface area (Å²) in [4.78, 5) is 30.1. The summed E-state index contributed by atoms with van der Waals surface area (Å²) in [7, 11) is 0. The van der Waals surface area contributed by atoms with E-state index in [4.69, 9.17) is 9.72 Å². The van der Waals surface area contributed by atoms with E-state index in [0.29, 0.717) is 43.1 Å². The number of hydrogen-bond acceptors (Lipinski definition) is 6. The Labute approximate surface area is 165 Å². The number of fused-ring (bicyclic) bond motifs is 1. The molecule has 3 heterocycles. The molecule has 0 spiro atoms. The Hall–Kier alpha value is -1.83. The number of ether oxygens (including phenoxy) is 1. The molecule has 27 heavy (non-hydrogen) atoms. The number of carbonyl (C=O) groups excluding carboxylic acids is 2. The van der Waals surface area contributed by atoms with Crippen LogP contribution in [-0.2, 0) is 27.4 Å². The smallest absolute Gasteiger partial charge is 0.252 e. The van der Waals surface area contributed by atoms with Crippen molar-refractivity contribution >= 4 is 39.9 Å². The molecule has 5 nitrogen and oxygen atoms in total. The van der Waals surface area contributed by atoms with Crippen molar-refractivity contribution in [3.8, 4) is 10.6 Å². The minimum Gasteiger partial charge on any atom is -0.376 e. The van der Waals surface area contributed by atoms with E-state index < -0.39 is 0 Å². The highest BCUT2D eigenvalue weighted by atomic mass is 32.1. The lowest BCUT2D eigenvalue weighted by molar-refractivity contribution is -0.113. The number of aldehydes is 1. The van der Waals surface area contributed by atoms with Crippen LogP contribution in [0.4, 0.5) is 5.00 Å². The van der Waals surface area contributed by atoms with Gasteiger partial charge in [0.25, 0.3) is 5.91 Å². The number of hydrogen-bond donors (Lipinski definition) is 1. The number of nitrogens with one attached hydrogen (secondary N) is 1. The number of thiophene rings is 1. The van der Waals surface area contributed by atoms with E-state index >= 15 is 0 Å². The molecule has 0 atom stereocenters. The molecule has 2 aliphatic carbocycles. The summed E-state index contributed by atoms with van der Waals surface area (Å²) in [6.45, 7) is 1.29. The van der Waals surface area contributed by atoms with E-state index in [2.05, 4.69) is 10.7 Å². The van der Waals surface area contributed by atoms with Gasteiger partial charge in [-0.3, -0.25) is 9.59 Å². The van der Waals surface area contributed by atoms with Crippen LogP contribution in [0.1, 0.15) is 54.2 Å². The van der Waals surface area contributed by atoms with Crippen LogP contribution < -0.4 is 5.32 Å². The lowest BCUT2D eigenvalue weighted by Crippen LogP contribution is -2.14. The first-order chi connectivity index (χ1) is 13.2. The third-order valence-electron chi connectivity index (χ3n) is 5.46. The lowest BCUT2D eigenvalue weighted by atomic mass is 10.1. The Morgan fingerprint density at radius 3 is 3.00 bits per heavy atom. The second kappa shape index (κ2) is 6.96. The average molecular weight is 401 g/mol. The van der Waals surface area contributed by atoms with Crippen LogP contribution in [-0.4, -0.2) is 23.8 Å². The monoisotopic (exact) mass is 400 g/mol. The van der Waals surface area contributed by atoms with Crippen LogP contribution in [0, 0.1) is 0 Å². The highest BCUT2D eigenvalue weighted by Gasteiger charge is 2.30. The Morgan fingerprint density at radius 1 is 1.30 bits per heavy atom. The fourth-order valence-corrected chi connectivity index (χ4v) is 6.07. The largest absolute Gasteiger partial charge is 0.376 e. The van der Waals surface area contributed by atoms with E-state index in [0.717, 1.165) is 34.7 Å². The zero-order chi connectivity index (χ0) is 18.4. The second-order valence-corrected chi connectivity index (χ2v) is 9.25. The molecule has 1 aliphatic heterocycles. The van der Waals surface area contributed by atoms with Crippen molar-refractivity contribution in [2.45, 2.75) is 51.0 Å². The van der Waals surface area contributed by atoms with Gasteiger partial charge in [-0.1, -0.05) is 0 Å². The minimum atomic E-state index is -0.144. The highest BCUT2D eigenvalue weighted by molar-refractivity contribution is 7.18. The van der Waals surface area contributed by atoms with Gasteiger partial charge in [0.1, 0.15) is 16.3 Å². The van der Waals surface area contributed by atoms with Gasteiger partial charge in [-0.25, -0.2) is 4.98 Å². The summed E-state index contributed by atoms with van der Waals surface area (Å²) in [5.74, 6) is 0.471. The maximum atomic E-state index is 12.8. The van der Waals surface area contributed by atoms with Gasteiger partial charge in [-0.2, -0.15) is 0 Å². The fourth-order valence-electron chi connectivity index (χ4n) is 3.85. The maximum Gasteiger partial charge on any atom is 0.252 e. The van der Waals surface area contributed by atoms with Gasteiger partial charge in [0.15, 0.2) is 0 Å². The van der Waals surface area contributed by atoms with Gasteiger partial charge in [-0.05, 0) is 44.1 Å². The van der Waals surface area contributed by atoms with Crippen molar-refractivity contribution in [1.82, 2.24) is 4.98 Å². The van der Waals surface area contributed by atoms with Crippen LogP contribution in [0.3, 0.4) is 0 Å². The third kappa shape index (κ3) is 3.17. The molecule has 5 rings (SSSR count). The topological polar surface area (TPSA) is 68.3 Å². The zero-order valence-corrected chi connectivity index (χ0v) is 16.5. The molecule has 2 aromatic rings. The zero-order valence-electron chi connectivity index (χ0n) is 14.9. The van der Waals surface area contributed by atoms with Crippen LogP contribution in [0.5, 0.6) is 0 Å². The van der Waals surface area contributed by atoms with Crippen molar-refractivity contribution in [2.75, 3.05) is 11.9 Å². The van der Waals surface area contributed by atoms with Crippen LogP contribution in [0.15, 0.2) is 16.5 Å². The molecule has 1 N–H and O–H groups in total. The first-order valence-electron chi connectivity index (χ1n) is 9.41. The van der Waals surface area contributed by atoms with Gasteiger partial charge >= 0.3 is 0 Å². The highest BCUT2D eigenvalue weighted by Crippen LogP contribution is 2.47. The molecule has 3 aliphatic rings. The predicted molar refractivity (Wildman–Crippen MR) is 106 cm³/mol. The summed E-state index contributed by atoms with van der Waals surface area (Å²) in [5, 5.41) is 7.09. The molecule has 7 heteroatoms. The number of nitrogens with zero attached hydrogens (tertiary/aromatic N) is 1. The number of rotatable bonds is 5. The number of amides is 1. The fraction of sp³-hybridized carbons (Fsp3) is 0.450. The number of aromatic nitrogens is 1. The van der Waals surface area contributed by atoms with Crippen LogP contribution in [0.25, 0.3) is 10.6 Å². The molecule has 1 amide bonds. The van der Waals surface area contributed by atoms with E-state index in [9.17, 15) is 9.59 Å². The van der Waals surface area contributed by atoms with Gasteiger partial charge in [-0.15, -0.1) is 22.7 Å². The quantitative estimate of drug-likeness (QED) is 0.754. The standard InChI is InChI=1S/C20H20N2O3S2/c23-8-12-2-1-3-13(12)18(24)22-20-17(14-6-7-25-9-16(14)27-20)19-21-15(10-26-19)11-4-5-11/h8,10-11H,1-7,9H2,(H,22,24). The second-order valence-electron chi connectivity index (χ2n) is 7.29. The molecule has 2 aromatic heterocycles. The van der Waals surface area contributed by atoms with E-state index in [1.807, 2.05) is 0 Å². The van der Waals surface area contributed by atoms with E-state index in [-0.39, 0.29) is 5.91 Å². The van der Waals surface area contributed by atoms with Crippen LogP contribution >= 0.6 is 22.7 Å². The lowest BCUT2D eigenvalue weighted by Gasteiger charge is -2.13. The molecule has 0 unspecified atom stereocenters. The summed E-state index contributed by atoms with van der Waals surface area (Å²) < 4.78 is 5.62. The molecule has 0 aromatic carbocycles. The van der Waals surface area contributed by atoms with Crippen molar-refractivity contribution in [3.63, 3.8) is 0 Å². The summed E-state index contributed by atoms with van der Waals surface area (Å²) >= 11 is 3.25. The first kappa shape index (κ1) is 17.3. The van der Waals surface area contributed by atoms with Gasteiger partial charge in [0.2, 0.25) is 0 Å². The van der Waals surface area contributed by atoms with Gasteiger partial charge < -0.3 is 10.1 Å². The SMILES string of the molecule is O=CC1=C(C(=O)Nc2sc3c(c2-c2nc(C4CC4)cs2)CCOC3)CCC1. The van der Waals surface area contributed by atoms with Crippen molar-refractivity contribution < 1.29 is 14.3 Å². The van der Waals surface area contributed by atoms with E-state index in [1.54, 1.807) is 22.7 Å². The van der Waals surface area contributed by atoms with Crippen molar-refractivity contribution in [2.24, 2.45) is 0 Å². The number of carbonyl (C=O) groups is 2. The predicted octanol–water partition coefficient (Wildman–Crippen LogP) is 4.44. The summed E-state index contributed by atoms with van der Waals surface area (Å²) in [6, 6.07) is 0. The number of thiazole rings is 1. The molecular formula is C20H20N2O3S2. The molecule has 0 bridgehead atoms. The van der Waals surface area contributed by atoms with Gasteiger partial charge in [0, 0.05) is 32.9 Å². The van der Waals surface area contributed by atoms with Crippen molar-refractivity contribution in [1.29, 1.82) is 0 Å². The number of anilines is 1. The Bertz CT molecular complexity index is 953. The number of allylic oxidation sites excluding steroid dienone is 1. The Balaban J connectivity index is 1.52. The van der Waals surface area contributed by atoms with Crippen molar-refractivity contribution in [3.05, 3.63) is 32.7 Å². The maximum absolute atomic E-state index is 12.8. The Morgan fingerprint density at radius 2 is 2.19 bits per heavy atom. The molecule has 140 valence electrons. The molecular weight excluding hydrogens is 380 g/mol. The van der Waals surface area contributed by atoms with E-state index in [1.165, 1.54) is 29.0 Å². The Kier molecular flexibility index (Phi) is 4.46. The van der Waals surface area contributed by atoms with Crippen LogP contribution in [0.2, 0.25) is 0 Å². The minimum absolute atomic E-state index is 0.144. The first-order valence-corrected chi connectivity index (χ1v) is 11.1. The molecule has 0 saturated heterocycles. The molecule has 1 fully saturated rings. The third-order valence-corrected chi connectivity index (χ3v) is 7.45. The summed E-state index contributed by atoms with van der Waals surface area (Å²) in [6.07, 6.45) is 6.37.